The Morgan fingerprint density at radius 3 is 2.27 bits per heavy atom. The second kappa shape index (κ2) is 10.7. The zero-order valence-electron chi connectivity index (χ0n) is 16.8. The van der Waals surface area contributed by atoms with Gasteiger partial charge in [-0.15, -0.1) is 0 Å². The average Bonchev–Trinajstić information content (AvgIpc) is 2.78. The van der Waals surface area contributed by atoms with E-state index in [0.717, 1.165) is 5.56 Å². The van der Waals surface area contributed by atoms with Gasteiger partial charge in [-0.05, 0) is 48.9 Å². The van der Waals surface area contributed by atoms with Crippen molar-refractivity contribution in [2.75, 3.05) is 18.5 Å². The summed E-state index contributed by atoms with van der Waals surface area (Å²) in [5, 5.41) is 5.36. The standard InChI is InChI=1S/C24H24N2O4/c1-2-29-22-11-7-6-10-21(22)24(28)25-16-23(27)26-19-12-14-20(15-13-19)30-17-18-8-4-3-5-9-18/h3-15H,2,16-17H2,1H3,(H,25,28)(H,26,27). The molecule has 0 saturated heterocycles. The Balaban J connectivity index is 1.47. The van der Waals surface area contributed by atoms with Crippen molar-refractivity contribution < 1.29 is 19.1 Å². The maximum Gasteiger partial charge on any atom is 0.255 e. The van der Waals surface area contributed by atoms with Gasteiger partial charge in [-0.2, -0.15) is 0 Å². The number of anilines is 1. The lowest BCUT2D eigenvalue weighted by atomic mass is 10.2. The quantitative estimate of drug-likeness (QED) is 0.565. The van der Waals surface area contributed by atoms with Crippen LogP contribution in [0, 0.1) is 0 Å². The molecule has 3 aromatic rings. The summed E-state index contributed by atoms with van der Waals surface area (Å²) in [6.07, 6.45) is 0. The van der Waals surface area contributed by atoms with E-state index in [1.165, 1.54) is 0 Å². The molecule has 2 amide bonds. The molecule has 0 radical (unpaired) electrons. The van der Waals surface area contributed by atoms with E-state index >= 15 is 0 Å². The summed E-state index contributed by atoms with van der Waals surface area (Å²) in [6.45, 7) is 2.63. The van der Waals surface area contributed by atoms with Crippen LogP contribution in [0.4, 0.5) is 5.69 Å². The summed E-state index contributed by atoms with van der Waals surface area (Å²) in [6, 6.07) is 23.9. The van der Waals surface area contributed by atoms with Crippen molar-refractivity contribution in [3.05, 3.63) is 90.0 Å². The van der Waals surface area contributed by atoms with Gasteiger partial charge in [0.05, 0.1) is 18.7 Å². The van der Waals surface area contributed by atoms with Crippen LogP contribution in [0.15, 0.2) is 78.9 Å². The Bertz CT molecular complexity index is 972. The Morgan fingerprint density at radius 1 is 0.833 bits per heavy atom. The number of hydrogen-bond donors (Lipinski definition) is 2. The Morgan fingerprint density at radius 2 is 1.53 bits per heavy atom. The molecular formula is C24H24N2O4. The molecule has 3 aromatic carbocycles. The van der Waals surface area contributed by atoms with Crippen LogP contribution < -0.4 is 20.1 Å². The molecule has 6 heteroatoms. The summed E-state index contributed by atoms with van der Waals surface area (Å²) in [5.41, 5.74) is 2.10. The van der Waals surface area contributed by atoms with Gasteiger partial charge in [0.2, 0.25) is 5.91 Å². The summed E-state index contributed by atoms with van der Waals surface area (Å²) < 4.78 is 11.2. The number of para-hydroxylation sites is 1. The fourth-order valence-electron chi connectivity index (χ4n) is 2.77. The molecule has 2 N–H and O–H groups in total. The number of benzene rings is 3. The van der Waals surface area contributed by atoms with Crippen LogP contribution >= 0.6 is 0 Å². The Labute approximate surface area is 175 Å². The molecular weight excluding hydrogens is 380 g/mol. The zero-order valence-corrected chi connectivity index (χ0v) is 16.8. The normalized spacial score (nSPS) is 10.2. The van der Waals surface area contributed by atoms with Crippen LogP contribution in [-0.2, 0) is 11.4 Å². The van der Waals surface area contributed by atoms with Crippen molar-refractivity contribution in [1.82, 2.24) is 5.32 Å². The highest BCUT2D eigenvalue weighted by Crippen LogP contribution is 2.18. The number of nitrogens with one attached hydrogen (secondary N) is 2. The summed E-state index contributed by atoms with van der Waals surface area (Å²) in [5.74, 6) is 0.510. The first-order valence-electron chi connectivity index (χ1n) is 9.72. The van der Waals surface area contributed by atoms with Gasteiger partial charge in [0.25, 0.3) is 5.91 Å². The van der Waals surface area contributed by atoms with E-state index in [-0.39, 0.29) is 18.4 Å². The molecule has 0 aromatic heterocycles. The van der Waals surface area contributed by atoms with E-state index in [9.17, 15) is 9.59 Å². The van der Waals surface area contributed by atoms with E-state index in [1.54, 1.807) is 48.5 Å². The van der Waals surface area contributed by atoms with Crippen LogP contribution in [0.2, 0.25) is 0 Å². The molecule has 30 heavy (non-hydrogen) atoms. The Hall–Kier alpha value is -3.80. The van der Waals surface area contributed by atoms with Gasteiger partial charge in [-0.25, -0.2) is 0 Å². The van der Waals surface area contributed by atoms with Crippen LogP contribution in [0.25, 0.3) is 0 Å². The van der Waals surface area contributed by atoms with E-state index in [0.29, 0.717) is 36.0 Å². The molecule has 6 nitrogen and oxygen atoms in total. The fraction of sp³-hybridized carbons (Fsp3) is 0.167. The number of rotatable bonds is 9. The van der Waals surface area contributed by atoms with Crippen molar-refractivity contribution in [3.63, 3.8) is 0 Å². The van der Waals surface area contributed by atoms with E-state index in [4.69, 9.17) is 9.47 Å². The fourth-order valence-corrected chi connectivity index (χ4v) is 2.77. The van der Waals surface area contributed by atoms with Gasteiger partial charge in [0, 0.05) is 5.69 Å². The molecule has 0 atom stereocenters. The highest BCUT2D eigenvalue weighted by atomic mass is 16.5. The lowest BCUT2D eigenvalue weighted by molar-refractivity contribution is -0.115. The maximum atomic E-state index is 12.3. The van der Waals surface area contributed by atoms with Crippen LogP contribution in [0.3, 0.4) is 0 Å². The lowest BCUT2D eigenvalue weighted by Crippen LogP contribution is -2.33. The van der Waals surface area contributed by atoms with E-state index in [1.807, 2.05) is 37.3 Å². The van der Waals surface area contributed by atoms with Gasteiger partial charge in [0.15, 0.2) is 0 Å². The van der Waals surface area contributed by atoms with Crippen LogP contribution in [-0.4, -0.2) is 25.0 Å². The maximum absolute atomic E-state index is 12.3. The van der Waals surface area contributed by atoms with Crippen molar-refractivity contribution in [3.8, 4) is 11.5 Å². The average molecular weight is 404 g/mol. The molecule has 3 rings (SSSR count). The predicted octanol–water partition coefficient (Wildman–Crippen LogP) is 4.03. The molecule has 0 bridgehead atoms. The molecule has 154 valence electrons. The molecule has 0 saturated carbocycles. The summed E-state index contributed by atoms with van der Waals surface area (Å²) in [4.78, 5) is 24.5. The van der Waals surface area contributed by atoms with Gasteiger partial charge < -0.3 is 20.1 Å². The first kappa shape index (κ1) is 20.9. The summed E-state index contributed by atoms with van der Waals surface area (Å²) in [7, 11) is 0. The molecule has 0 heterocycles. The predicted molar refractivity (Wildman–Crippen MR) is 116 cm³/mol. The molecule has 0 aliphatic carbocycles. The molecule has 0 aliphatic heterocycles. The number of ether oxygens (including phenoxy) is 2. The van der Waals surface area contributed by atoms with Crippen molar-refractivity contribution in [2.45, 2.75) is 13.5 Å². The first-order chi connectivity index (χ1) is 14.7. The van der Waals surface area contributed by atoms with Crippen molar-refractivity contribution >= 4 is 17.5 Å². The van der Waals surface area contributed by atoms with Crippen LogP contribution in [0.1, 0.15) is 22.8 Å². The highest BCUT2D eigenvalue weighted by Gasteiger charge is 2.13. The molecule has 0 aliphatic rings. The third kappa shape index (κ3) is 6.10. The minimum absolute atomic E-state index is 0.147. The van der Waals surface area contributed by atoms with Crippen molar-refractivity contribution in [1.29, 1.82) is 0 Å². The lowest BCUT2D eigenvalue weighted by Gasteiger charge is -2.11. The van der Waals surface area contributed by atoms with Gasteiger partial charge in [0.1, 0.15) is 18.1 Å². The van der Waals surface area contributed by atoms with Crippen molar-refractivity contribution in [2.24, 2.45) is 0 Å². The second-order valence-electron chi connectivity index (χ2n) is 6.46. The van der Waals surface area contributed by atoms with Gasteiger partial charge in [-0.1, -0.05) is 42.5 Å². The molecule has 0 fully saturated rings. The Kier molecular flexibility index (Phi) is 7.44. The van der Waals surface area contributed by atoms with Crippen LogP contribution in [0.5, 0.6) is 11.5 Å². The first-order valence-corrected chi connectivity index (χ1v) is 9.72. The van der Waals surface area contributed by atoms with Gasteiger partial charge >= 0.3 is 0 Å². The van der Waals surface area contributed by atoms with E-state index < -0.39 is 0 Å². The smallest absolute Gasteiger partial charge is 0.255 e. The number of carbonyl (C=O) groups excluding carboxylic acids is 2. The minimum Gasteiger partial charge on any atom is -0.493 e. The number of amides is 2. The SMILES string of the molecule is CCOc1ccccc1C(=O)NCC(=O)Nc1ccc(OCc2ccccc2)cc1. The monoisotopic (exact) mass is 404 g/mol. The largest absolute Gasteiger partial charge is 0.493 e. The minimum atomic E-state index is -0.362. The zero-order chi connectivity index (χ0) is 21.2. The topological polar surface area (TPSA) is 76.7 Å². The summed E-state index contributed by atoms with van der Waals surface area (Å²) >= 11 is 0. The number of hydrogen-bond acceptors (Lipinski definition) is 4. The molecule has 0 spiro atoms. The highest BCUT2D eigenvalue weighted by molar-refractivity contribution is 6.00. The third-order valence-corrected chi connectivity index (χ3v) is 4.23. The molecule has 0 unspecified atom stereocenters. The third-order valence-electron chi connectivity index (χ3n) is 4.23. The van der Waals surface area contributed by atoms with E-state index in [2.05, 4.69) is 10.6 Å². The second-order valence-corrected chi connectivity index (χ2v) is 6.46. The number of carbonyl (C=O) groups is 2. The van der Waals surface area contributed by atoms with Gasteiger partial charge in [-0.3, -0.25) is 9.59 Å².